The standard InChI is InChI=1S/C6H9ClO3/c7-5(8)1-2-6-9-3-4-10-6/h6H,1-4H2. The Morgan fingerprint density at radius 1 is 1.50 bits per heavy atom. The third-order valence-electron chi connectivity index (χ3n) is 1.27. The second-order valence-electron chi connectivity index (χ2n) is 2.06. The van der Waals surface area contributed by atoms with Crippen LogP contribution in [-0.4, -0.2) is 24.7 Å². The van der Waals surface area contributed by atoms with Crippen molar-refractivity contribution in [2.24, 2.45) is 0 Å². The summed E-state index contributed by atoms with van der Waals surface area (Å²) in [5, 5.41) is -0.334. The molecule has 0 atom stereocenters. The monoisotopic (exact) mass is 164 g/mol. The van der Waals surface area contributed by atoms with Crippen molar-refractivity contribution in [3.05, 3.63) is 0 Å². The maximum Gasteiger partial charge on any atom is 0.221 e. The molecule has 0 spiro atoms. The number of carbonyl (C=O) groups excluding carboxylic acids is 1. The first-order valence-electron chi connectivity index (χ1n) is 3.20. The molecule has 4 heteroatoms. The van der Waals surface area contributed by atoms with E-state index in [1.165, 1.54) is 0 Å². The van der Waals surface area contributed by atoms with Crippen LogP contribution in [0.25, 0.3) is 0 Å². The van der Waals surface area contributed by atoms with Crippen LogP contribution in [0, 0.1) is 0 Å². The van der Waals surface area contributed by atoms with Gasteiger partial charge in [-0.25, -0.2) is 0 Å². The largest absolute Gasteiger partial charge is 0.350 e. The molecule has 0 amide bonds. The van der Waals surface area contributed by atoms with Gasteiger partial charge in [0.1, 0.15) is 0 Å². The zero-order valence-electron chi connectivity index (χ0n) is 5.51. The number of ether oxygens (including phenoxy) is 2. The number of halogens is 1. The van der Waals surface area contributed by atoms with Gasteiger partial charge in [-0.05, 0) is 11.6 Å². The summed E-state index contributed by atoms with van der Waals surface area (Å²) in [6.07, 6.45) is 0.692. The van der Waals surface area contributed by atoms with E-state index >= 15 is 0 Å². The van der Waals surface area contributed by atoms with Crippen molar-refractivity contribution >= 4 is 16.8 Å². The van der Waals surface area contributed by atoms with E-state index in [1.54, 1.807) is 0 Å². The van der Waals surface area contributed by atoms with Crippen LogP contribution in [0.5, 0.6) is 0 Å². The molecule has 1 fully saturated rings. The molecule has 1 rings (SSSR count). The molecule has 0 N–H and O–H groups in total. The minimum absolute atomic E-state index is 0.206. The topological polar surface area (TPSA) is 35.5 Å². The van der Waals surface area contributed by atoms with Gasteiger partial charge >= 0.3 is 0 Å². The van der Waals surface area contributed by atoms with Crippen molar-refractivity contribution in [3.8, 4) is 0 Å². The molecule has 1 aliphatic rings. The van der Waals surface area contributed by atoms with Crippen LogP contribution < -0.4 is 0 Å². The van der Waals surface area contributed by atoms with Gasteiger partial charge in [0.25, 0.3) is 0 Å². The van der Waals surface area contributed by atoms with Crippen LogP contribution >= 0.6 is 11.6 Å². The van der Waals surface area contributed by atoms with Crippen molar-refractivity contribution in [2.75, 3.05) is 13.2 Å². The van der Waals surface area contributed by atoms with Gasteiger partial charge in [0, 0.05) is 12.8 Å². The van der Waals surface area contributed by atoms with Gasteiger partial charge in [-0.1, -0.05) is 0 Å². The third-order valence-corrected chi connectivity index (χ3v) is 1.46. The molecule has 1 heterocycles. The fraction of sp³-hybridized carbons (Fsp3) is 0.833. The molecular formula is C6H9ClO3. The molecule has 0 unspecified atom stereocenters. The molecular weight excluding hydrogens is 156 g/mol. The molecule has 0 aromatic rings. The smallest absolute Gasteiger partial charge is 0.221 e. The lowest BCUT2D eigenvalue weighted by Gasteiger charge is -2.04. The Bertz CT molecular complexity index is 120. The van der Waals surface area contributed by atoms with Crippen molar-refractivity contribution < 1.29 is 14.3 Å². The highest BCUT2D eigenvalue weighted by Gasteiger charge is 2.15. The molecule has 1 saturated heterocycles. The predicted molar refractivity (Wildman–Crippen MR) is 35.8 cm³/mol. The summed E-state index contributed by atoms with van der Waals surface area (Å²) in [7, 11) is 0. The summed E-state index contributed by atoms with van der Waals surface area (Å²) in [4.78, 5) is 10.3. The van der Waals surface area contributed by atoms with E-state index in [-0.39, 0.29) is 11.5 Å². The molecule has 0 radical (unpaired) electrons. The molecule has 0 saturated carbocycles. The highest BCUT2D eigenvalue weighted by atomic mass is 35.5. The van der Waals surface area contributed by atoms with Gasteiger partial charge in [0.05, 0.1) is 13.2 Å². The van der Waals surface area contributed by atoms with E-state index in [2.05, 4.69) is 0 Å². The van der Waals surface area contributed by atoms with E-state index in [9.17, 15) is 4.79 Å². The van der Waals surface area contributed by atoms with Crippen LogP contribution in [0.4, 0.5) is 0 Å². The second-order valence-corrected chi connectivity index (χ2v) is 2.49. The average molecular weight is 165 g/mol. The maximum absolute atomic E-state index is 10.3. The van der Waals surface area contributed by atoms with Crippen molar-refractivity contribution in [1.82, 2.24) is 0 Å². The summed E-state index contributed by atoms with van der Waals surface area (Å²) in [6.45, 7) is 1.25. The number of hydrogen-bond donors (Lipinski definition) is 0. The number of rotatable bonds is 3. The van der Waals surface area contributed by atoms with Gasteiger partial charge in [-0.2, -0.15) is 0 Å². The highest BCUT2D eigenvalue weighted by Crippen LogP contribution is 2.10. The zero-order chi connectivity index (χ0) is 7.40. The van der Waals surface area contributed by atoms with Gasteiger partial charge in [0.2, 0.25) is 5.24 Å². The molecule has 1 aliphatic heterocycles. The minimum Gasteiger partial charge on any atom is -0.350 e. The maximum atomic E-state index is 10.3. The summed E-state index contributed by atoms with van der Waals surface area (Å²) in [6, 6.07) is 0. The fourth-order valence-electron chi connectivity index (χ4n) is 0.805. The van der Waals surface area contributed by atoms with Gasteiger partial charge < -0.3 is 9.47 Å². The zero-order valence-corrected chi connectivity index (χ0v) is 6.26. The van der Waals surface area contributed by atoms with E-state index in [4.69, 9.17) is 21.1 Å². The first-order valence-corrected chi connectivity index (χ1v) is 3.58. The molecule has 10 heavy (non-hydrogen) atoms. The Morgan fingerprint density at radius 3 is 2.60 bits per heavy atom. The first kappa shape index (κ1) is 7.98. The third kappa shape index (κ3) is 2.64. The van der Waals surface area contributed by atoms with Crippen LogP contribution in [0.1, 0.15) is 12.8 Å². The summed E-state index contributed by atoms with van der Waals surface area (Å²) < 4.78 is 10.1. The first-order chi connectivity index (χ1) is 4.79. The van der Waals surface area contributed by atoms with E-state index in [0.717, 1.165) is 0 Å². The molecule has 58 valence electrons. The predicted octanol–water partition coefficient (Wildman–Crippen LogP) is 0.905. The molecule has 0 aromatic carbocycles. The lowest BCUT2D eigenvalue weighted by atomic mass is 10.3. The van der Waals surface area contributed by atoms with E-state index in [0.29, 0.717) is 26.1 Å². The Labute approximate surface area is 64.3 Å². The van der Waals surface area contributed by atoms with Crippen LogP contribution in [0.3, 0.4) is 0 Å². The quantitative estimate of drug-likeness (QED) is 0.582. The van der Waals surface area contributed by atoms with E-state index in [1.807, 2.05) is 0 Å². The Balaban J connectivity index is 2.07. The van der Waals surface area contributed by atoms with Gasteiger partial charge in [-0.3, -0.25) is 4.79 Å². The summed E-state index contributed by atoms with van der Waals surface area (Å²) in [5.74, 6) is 0. The molecule has 0 aromatic heterocycles. The van der Waals surface area contributed by atoms with Crippen LogP contribution in [-0.2, 0) is 14.3 Å². The lowest BCUT2D eigenvalue weighted by molar-refractivity contribution is -0.114. The molecule has 0 aliphatic carbocycles. The molecule has 3 nitrogen and oxygen atoms in total. The normalized spacial score (nSPS) is 19.7. The second kappa shape index (κ2) is 3.91. The lowest BCUT2D eigenvalue weighted by Crippen LogP contribution is -2.08. The number of hydrogen-bond acceptors (Lipinski definition) is 3. The highest BCUT2D eigenvalue weighted by molar-refractivity contribution is 6.63. The van der Waals surface area contributed by atoms with Gasteiger partial charge in [-0.15, -0.1) is 0 Å². The van der Waals surface area contributed by atoms with Crippen molar-refractivity contribution in [3.63, 3.8) is 0 Å². The molecule has 0 bridgehead atoms. The Hall–Kier alpha value is -0.120. The summed E-state index contributed by atoms with van der Waals surface area (Å²) in [5.41, 5.74) is 0. The van der Waals surface area contributed by atoms with Crippen LogP contribution in [0.15, 0.2) is 0 Å². The minimum atomic E-state index is -0.334. The number of carbonyl (C=O) groups is 1. The van der Waals surface area contributed by atoms with Gasteiger partial charge in [0.15, 0.2) is 6.29 Å². The Kier molecular flexibility index (Phi) is 3.12. The SMILES string of the molecule is O=C(Cl)CCC1OCCO1. The van der Waals surface area contributed by atoms with E-state index < -0.39 is 0 Å². The Morgan fingerprint density at radius 2 is 2.10 bits per heavy atom. The van der Waals surface area contributed by atoms with Crippen LogP contribution in [0.2, 0.25) is 0 Å². The van der Waals surface area contributed by atoms with Crippen molar-refractivity contribution in [2.45, 2.75) is 19.1 Å². The van der Waals surface area contributed by atoms with Crippen molar-refractivity contribution in [1.29, 1.82) is 0 Å². The average Bonchev–Trinajstić information content (AvgIpc) is 2.34. The summed E-state index contributed by atoms with van der Waals surface area (Å²) >= 11 is 5.11. The fourth-order valence-corrected chi connectivity index (χ4v) is 0.914.